The number of unbranched alkanes of at least 4 members (excludes halogenated alkanes) is 1. The standard InChI is InChI=1S/C20H25FN2S/c1-2-3-5-16-8-10-18(11-9-16)15-23-20(24)22-13-12-17-6-4-7-19(21)14-17/h4,6-11,14H,2-3,5,12-13,15H2,1H3,(H2,22,23,24). The van der Waals surface area contributed by atoms with Crippen molar-refractivity contribution >= 4 is 17.3 Å². The average Bonchev–Trinajstić information content (AvgIpc) is 2.59. The molecule has 2 aromatic carbocycles. The van der Waals surface area contributed by atoms with Crippen molar-refractivity contribution in [3.8, 4) is 0 Å². The van der Waals surface area contributed by atoms with Crippen molar-refractivity contribution in [3.63, 3.8) is 0 Å². The summed E-state index contributed by atoms with van der Waals surface area (Å²) in [5.41, 5.74) is 3.56. The molecule has 2 rings (SSSR count). The molecule has 0 radical (unpaired) electrons. The molecule has 0 saturated heterocycles. The molecule has 0 saturated carbocycles. The largest absolute Gasteiger partial charge is 0.362 e. The Morgan fingerprint density at radius 3 is 2.42 bits per heavy atom. The Balaban J connectivity index is 1.67. The number of aryl methyl sites for hydroxylation is 1. The number of hydrogen-bond donors (Lipinski definition) is 2. The third-order valence-electron chi connectivity index (χ3n) is 3.88. The van der Waals surface area contributed by atoms with Gasteiger partial charge in [0.05, 0.1) is 0 Å². The zero-order chi connectivity index (χ0) is 17.2. The summed E-state index contributed by atoms with van der Waals surface area (Å²) < 4.78 is 13.1. The first-order valence-electron chi connectivity index (χ1n) is 8.51. The molecule has 0 unspecified atom stereocenters. The number of thiocarbonyl (C=S) groups is 1. The maximum atomic E-state index is 13.1. The first-order valence-corrected chi connectivity index (χ1v) is 8.92. The van der Waals surface area contributed by atoms with E-state index in [0.717, 1.165) is 18.4 Å². The van der Waals surface area contributed by atoms with Gasteiger partial charge < -0.3 is 10.6 Å². The van der Waals surface area contributed by atoms with Crippen LogP contribution in [0.15, 0.2) is 48.5 Å². The highest BCUT2D eigenvalue weighted by molar-refractivity contribution is 7.80. The van der Waals surface area contributed by atoms with E-state index < -0.39 is 0 Å². The molecule has 2 aromatic rings. The molecule has 0 aliphatic carbocycles. The number of nitrogens with one attached hydrogen (secondary N) is 2. The smallest absolute Gasteiger partial charge is 0.166 e. The van der Waals surface area contributed by atoms with Gasteiger partial charge in [-0.3, -0.25) is 0 Å². The molecule has 128 valence electrons. The molecule has 0 amide bonds. The number of benzene rings is 2. The Labute approximate surface area is 149 Å². The van der Waals surface area contributed by atoms with Gasteiger partial charge in [-0.25, -0.2) is 4.39 Å². The van der Waals surface area contributed by atoms with Crippen molar-refractivity contribution in [1.29, 1.82) is 0 Å². The molecule has 0 heterocycles. The summed E-state index contributed by atoms with van der Waals surface area (Å²) in [6.07, 6.45) is 4.34. The first-order chi connectivity index (χ1) is 11.7. The Kier molecular flexibility index (Phi) is 7.69. The van der Waals surface area contributed by atoms with Crippen LogP contribution in [0.5, 0.6) is 0 Å². The summed E-state index contributed by atoms with van der Waals surface area (Å²) in [4.78, 5) is 0. The van der Waals surface area contributed by atoms with Crippen molar-refractivity contribution in [2.45, 2.75) is 39.2 Å². The molecule has 0 aliphatic heterocycles. The highest BCUT2D eigenvalue weighted by atomic mass is 32.1. The normalized spacial score (nSPS) is 10.4. The van der Waals surface area contributed by atoms with Crippen molar-refractivity contribution < 1.29 is 4.39 Å². The Morgan fingerprint density at radius 1 is 0.958 bits per heavy atom. The van der Waals surface area contributed by atoms with Gasteiger partial charge in [-0.05, 0) is 60.3 Å². The molecule has 0 bridgehead atoms. The number of hydrogen-bond acceptors (Lipinski definition) is 1. The van der Waals surface area contributed by atoms with Crippen LogP contribution in [0.1, 0.15) is 36.5 Å². The number of halogens is 1. The summed E-state index contributed by atoms with van der Waals surface area (Å²) in [6, 6.07) is 15.3. The second-order valence-corrected chi connectivity index (χ2v) is 6.32. The summed E-state index contributed by atoms with van der Waals surface area (Å²) in [5, 5.41) is 6.99. The topological polar surface area (TPSA) is 24.1 Å². The Hall–Kier alpha value is -1.94. The van der Waals surface area contributed by atoms with Crippen molar-refractivity contribution in [1.82, 2.24) is 10.6 Å². The third-order valence-corrected chi connectivity index (χ3v) is 4.17. The van der Waals surface area contributed by atoms with E-state index in [1.807, 2.05) is 6.07 Å². The van der Waals surface area contributed by atoms with Gasteiger partial charge in [-0.1, -0.05) is 49.7 Å². The van der Waals surface area contributed by atoms with E-state index in [2.05, 4.69) is 41.8 Å². The van der Waals surface area contributed by atoms with E-state index in [0.29, 0.717) is 18.2 Å². The van der Waals surface area contributed by atoms with Gasteiger partial charge in [0.1, 0.15) is 5.82 Å². The molecule has 24 heavy (non-hydrogen) atoms. The Bertz CT molecular complexity index is 640. The summed E-state index contributed by atoms with van der Waals surface area (Å²) in [6.45, 7) is 3.60. The minimum atomic E-state index is -0.199. The number of rotatable bonds is 8. The van der Waals surface area contributed by atoms with Crippen molar-refractivity contribution in [2.75, 3.05) is 6.54 Å². The van der Waals surface area contributed by atoms with Crippen molar-refractivity contribution in [3.05, 3.63) is 71.0 Å². The van der Waals surface area contributed by atoms with Crippen LogP contribution in [0, 0.1) is 5.82 Å². The fourth-order valence-corrected chi connectivity index (χ4v) is 2.64. The molecule has 0 spiro atoms. The highest BCUT2D eigenvalue weighted by Crippen LogP contribution is 2.08. The molecule has 0 fully saturated rings. The lowest BCUT2D eigenvalue weighted by atomic mass is 10.1. The van der Waals surface area contributed by atoms with Crippen LogP contribution < -0.4 is 10.6 Å². The van der Waals surface area contributed by atoms with Crippen LogP contribution >= 0.6 is 12.2 Å². The minimum absolute atomic E-state index is 0.199. The van der Waals surface area contributed by atoms with Crippen LogP contribution in [-0.2, 0) is 19.4 Å². The molecule has 2 nitrogen and oxygen atoms in total. The maximum Gasteiger partial charge on any atom is 0.166 e. The quantitative estimate of drug-likeness (QED) is 0.695. The fraction of sp³-hybridized carbons (Fsp3) is 0.350. The van der Waals surface area contributed by atoms with Gasteiger partial charge in [-0.2, -0.15) is 0 Å². The van der Waals surface area contributed by atoms with Crippen LogP contribution in [0.4, 0.5) is 4.39 Å². The molecule has 2 N–H and O–H groups in total. The van der Waals surface area contributed by atoms with Gasteiger partial charge in [0.25, 0.3) is 0 Å². The SMILES string of the molecule is CCCCc1ccc(CNC(=S)NCCc2cccc(F)c2)cc1. The summed E-state index contributed by atoms with van der Waals surface area (Å²) >= 11 is 5.28. The Morgan fingerprint density at radius 2 is 1.71 bits per heavy atom. The summed E-state index contributed by atoms with van der Waals surface area (Å²) in [5.74, 6) is -0.199. The fourth-order valence-electron chi connectivity index (χ4n) is 2.46. The van der Waals surface area contributed by atoms with E-state index in [1.165, 1.54) is 30.0 Å². The second-order valence-electron chi connectivity index (χ2n) is 5.91. The molecule has 0 aliphatic rings. The van der Waals surface area contributed by atoms with Crippen LogP contribution in [0.3, 0.4) is 0 Å². The van der Waals surface area contributed by atoms with E-state index in [9.17, 15) is 4.39 Å². The van der Waals surface area contributed by atoms with Gasteiger partial charge in [0.2, 0.25) is 0 Å². The van der Waals surface area contributed by atoms with Crippen LogP contribution in [0.2, 0.25) is 0 Å². The molecular weight excluding hydrogens is 319 g/mol. The lowest BCUT2D eigenvalue weighted by Crippen LogP contribution is -2.35. The highest BCUT2D eigenvalue weighted by Gasteiger charge is 1.99. The zero-order valence-corrected chi connectivity index (χ0v) is 15.0. The van der Waals surface area contributed by atoms with Gasteiger partial charge >= 0.3 is 0 Å². The minimum Gasteiger partial charge on any atom is -0.362 e. The van der Waals surface area contributed by atoms with E-state index in [4.69, 9.17) is 12.2 Å². The third kappa shape index (κ3) is 6.67. The second kappa shape index (κ2) is 10.0. The van der Waals surface area contributed by atoms with Crippen molar-refractivity contribution in [2.24, 2.45) is 0 Å². The van der Waals surface area contributed by atoms with E-state index in [1.54, 1.807) is 12.1 Å². The van der Waals surface area contributed by atoms with Gasteiger partial charge in [0.15, 0.2) is 5.11 Å². The van der Waals surface area contributed by atoms with Gasteiger partial charge in [-0.15, -0.1) is 0 Å². The monoisotopic (exact) mass is 344 g/mol. The molecular formula is C20H25FN2S. The lowest BCUT2D eigenvalue weighted by molar-refractivity contribution is 0.625. The van der Waals surface area contributed by atoms with E-state index >= 15 is 0 Å². The molecule has 0 atom stereocenters. The summed E-state index contributed by atoms with van der Waals surface area (Å²) in [7, 11) is 0. The molecule has 0 aromatic heterocycles. The zero-order valence-electron chi connectivity index (χ0n) is 14.1. The molecule has 4 heteroatoms. The van der Waals surface area contributed by atoms with Crippen LogP contribution in [0.25, 0.3) is 0 Å². The van der Waals surface area contributed by atoms with E-state index in [-0.39, 0.29) is 5.82 Å². The van der Waals surface area contributed by atoms with Gasteiger partial charge in [0, 0.05) is 13.1 Å². The lowest BCUT2D eigenvalue weighted by Gasteiger charge is -2.11. The van der Waals surface area contributed by atoms with Crippen LogP contribution in [-0.4, -0.2) is 11.7 Å². The average molecular weight is 344 g/mol. The predicted molar refractivity (Wildman–Crippen MR) is 103 cm³/mol. The maximum absolute atomic E-state index is 13.1. The first kappa shape index (κ1) is 18.4. The predicted octanol–water partition coefficient (Wildman–Crippen LogP) is 4.38.